The molecule has 0 heterocycles. The highest BCUT2D eigenvalue weighted by atomic mass is 28.4. The maximum atomic E-state index is 12.7. The number of Topliss-reactive ketones (excluding diaryl/α,β-unsaturated/α-hetero) is 1. The van der Waals surface area contributed by atoms with E-state index in [4.69, 9.17) is 26.6 Å². The Morgan fingerprint density at radius 3 is 1.06 bits per heavy atom. The van der Waals surface area contributed by atoms with Crippen LogP contribution >= 0.6 is 0 Å². The van der Waals surface area contributed by atoms with Gasteiger partial charge in [-0.05, 0) is 25.7 Å². The molecule has 0 aliphatic rings. The van der Waals surface area contributed by atoms with Gasteiger partial charge in [-0.1, -0.05) is 65.2 Å². The van der Waals surface area contributed by atoms with Gasteiger partial charge in [0.15, 0.2) is 0 Å². The highest BCUT2D eigenvalue weighted by molar-refractivity contribution is 6.60. The maximum Gasteiger partial charge on any atom is 0.500 e. The molecule has 0 N–H and O–H groups in total. The van der Waals surface area contributed by atoms with Crippen LogP contribution in [0.1, 0.15) is 90.9 Å². The Kier molecular flexibility index (Phi) is 19.9. The van der Waals surface area contributed by atoms with Crippen molar-refractivity contribution in [1.29, 1.82) is 0 Å². The van der Waals surface area contributed by atoms with E-state index >= 15 is 0 Å². The zero-order valence-corrected chi connectivity index (χ0v) is 25.4. The normalized spacial score (nSPS) is 14.4. The second-order valence-corrected chi connectivity index (χ2v) is 15.6. The molecule has 0 rings (SSSR count). The summed E-state index contributed by atoms with van der Waals surface area (Å²) in [6.07, 6.45) is 13.4. The third-order valence-corrected chi connectivity index (χ3v) is 12.7. The first-order valence-electron chi connectivity index (χ1n) is 13.1. The zero-order chi connectivity index (χ0) is 25.9. The van der Waals surface area contributed by atoms with E-state index < -0.39 is 17.6 Å². The molecule has 204 valence electrons. The molecule has 0 saturated carbocycles. The van der Waals surface area contributed by atoms with Gasteiger partial charge < -0.3 is 26.6 Å². The predicted molar refractivity (Wildman–Crippen MR) is 142 cm³/mol. The highest BCUT2D eigenvalue weighted by Crippen LogP contribution is 2.22. The van der Waals surface area contributed by atoms with Crippen molar-refractivity contribution >= 4 is 23.4 Å². The van der Waals surface area contributed by atoms with Crippen molar-refractivity contribution in [3.05, 3.63) is 0 Å². The minimum atomic E-state index is -2.42. The van der Waals surface area contributed by atoms with Gasteiger partial charge in [0.1, 0.15) is 5.78 Å². The molecule has 0 amide bonds. The number of hydrogen-bond acceptors (Lipinski definition) is 7. The molecule has 7 nitrogen and oxygen atoms in total. The van der Waals surface area contributed by atoms with Crippen LogP contribution in [0.5, 0.6) is 0 Å². The summed E-state index contributed by atoms with van der Waals surface area (Å²) in [6.45, 7) is 4.21. The standard InChI is InChI=1S/C25H54O7Si2/c1-23(19-15-11-9-13-17-21-33(27-3,28-4)29-5)25(26)24(2)20-16-12-10-14-18-22-34(30-6,31-7)32-8/h23-24H,9-22H2,1-8H3. The Morgan fingerprint density at radius 1 is 0.500 bits per heavy atom. The molecule has 0 bridgehead atoms. The third-order valence-electron chi connectivity index (χ3n) is 7.08. The van der Waals surface area contributed by atoms with Gasteiger partial charge >= 0.3 is 17.6 Å². The fourth-order valence-corrected chi connectivity index (χ4v) is 8.12. The van der Waals surface area contributed by atoms with Crippen molar-refractivity contribution in [2.75, 3.05) is 42.7 Å². The summed E-state index contributed by atoms with van der Waals surface area (Å²) in [5.74, 6) is 0.772. The van der Waals surface area contributed by atoms with Gasteiger partial charge in [-0.25, -0.2) is 0 Å². The Hall–Kier alpha value is -0.136. The molecule has 0 aliphatic carbocycles. The van der Waals surface area contributed by atoms with Crippen LogP contribution in [0.4, 0.5) is 0 Å². The van der Waals surface area contributed by atoms with Crippen molar-refractivity contribution in [2.24, 2.45) is 11.8 Å². The van der Waals surface area contributed by atoms with Crippen molar-refractivity contribution in [1.82, 2.24) is 0 Å². The molecule has 0 saturated heterocycles. The van der Waals surface area contributed by atoms with Gasteiger partial charge in [0.05, 0.1) is 0 Å². The van der Waals surface area contributed by atoms with E-state index in [1.54, 1.807) is 42.7 Å². The zero-order valence-electron chi connectivity index (χ0n) is 23.4. The van der Waals surface area contributed by atoms with E-state index in [2.05, 4.69) is 13.8 Å². The number of carbonyl (C=O) groups excluding carboxylic acids is 1. The van der Waals surface area contributed by atoms with Crippen LogP contribution in [0.2, 0.25) is 12.1 Å². The lowest BCUT2D eigenvalue weighted by molar-refractivity contribution is -0.126. The van der Waals surface area contributed by atoms with Crippen molar-refractivity contribution in [2.45, 2.75) is 103 Å². The van der Waals surface area contributed by atoms with Crippen LogP contribution < -0.4 is 0 Å². The lowest BCUT2D eigenvalue weighted by atomic mass is 9.88. The molecule has 0 aliphatic heterocycles. The molecule has 0 aromatic heterocycles. The van der Waals surface area contributed by atoms with Crippen molar-refractivity contribution in [3.8, 4) is 0 Å². The van der Waals surface area contributed by atoms with Crippen LogP contribution in [0.15, 0.2) is 0 Å². The van der Waals surface area contributed by atoms with Gasteiger partial charge in [0, 0.05) is 66.6 Å². The quantitative estimate of drug-likeness (QED) is 0.109. The van der Waals surface area contributed by atoms with Crippen LogP contribution in [-0.2, 0) is 31.4 Å². The van der Waals surface area contributed by atoms with Gasteiger partial charge in [0.2, 0.25) is 0 Å². The van der Waals surface area contributed by atoms with Crippen molar-refractivity contribution < 1.29 is 31.4 Å². The van der Waals surface area contributed by atoms with Crippen LogP contribution in [0.3, 0.4) is 0 Å². The van der Waals surface area contributed by atoms with E-state index in [1.165, 1.54) is 25.7 Å². The van der Waals surface area contributed by atoms with Gasteiger partial charge in [-0.3, -0.25) is 4.79 Å². The fraction of sp³-hybridized carbons (Fsp3) is 0.960. The summed E-state index contributed by atoms with van der Waals surface area (Å²) < 4.78 is 32.8. The molecule has 2 atom stereocenters. The lowest BCUT2D eigenvalue weighted by Crippen LogP contribution is -2.42. The Bertz CT molecular complexity index is 441. The molecule has 9 heteroatoms. The van der Waals surface area contributed by atoms with E-state index in [-0.39, 0.29) is 11.8 Å². The second kappa shape index (κ2) is 20.0. The first-order valence-corrected chi connectivity index (χ1v) is 17.0. The summed E-state index contributed by atoms with van der Waals surface area (Å²) in [5, 5.41) is 0. The molecule has 0 spiro atoms. The summed E-state index contributed by atoms with van der Waals surface area (Å²) in [7, 11) is 5.15. The third kappa shape index (κ3) is 13.2. The number of hydrogen-bond donors (Lipinski definition) is 0. The molecule has 0 radical (unpaired) electrons. The van der Waals surface area contributed by atoms with E-state index in [0.717, 1.165) is 63.5 Å². The first kappa shape index (κ1) is 33.9. The largest absolute Gasteiger partial charge is 0.500 e. The van der Waals surface area contributed by atoms with Crippen LogP contribution in [0, 0.1) is 11.8 Å². The SMILES string of the molecule is CO[Si](CCCCCCCC(C)C(=O)C(C)CCCCCCC[Si](OC)(OC)OC)(OC)OC. The first-order chi connectivity index (χ1) is 16.3. The lowest BCUT2D eigenvalue weighted by Gasteiger charge is -2.24. The Morgan fingerprint density at radius 2 is 0.765 bits per heavy atom. The number of ketones is 1. The molecule has 34 heavy (non-hydrogen) atoms. The topological polar surface area (TPSA) is 72.5 Å². The average molecular weight is 523 g/mol. The number of unbranched alkanes of at least 4 members (excludes halogenated alkanes) is 8. The minimum Gasteiger partial charge on any atom is -0.377 e. The Labute approximate surface area is 212 Å². The van der Waals surface area contributed by atoms with E-state index in [0.29, 0.717) is 5.78 Å². The summed E-state index contributed by atoms with van der Waals surface area (Å²) >= 11 is 0. The molecule has 0 aromatic rings. The maximum absolute atomic E-state index is 12.7. The number of carbonyl (C=O) groups is 1. The van der Waals surface area contributed by atoms with Gasteiger partial charge in [0.25, 0.3) is 0 Å². The van der Waals surface area contributed by atoms with E-state index in [1.807, 2.05) is 0 Å². The summed E-state index contributed by atoms with van der Waals surface area (Å²) in [5.41, 5.74) is 0. The van der Waals surface area contributed by atoms with Gasteiger partial charge in [-0.15, -0.1) is 0 Å². The molecule has 0 fully saturated rings. The minimum absolute atomic E-state index is 0.167. The fourth-order valence-electron chi connectivity index (χ4n) is 4.53. The smallest absolute Gasteiger partial charge is 0.377 e. The predicted octanol–water partition coefficient (Wildman–Crippen LogP) is 6.27. The molecular weight excluding hydrogens is 468 g/mol. The van der Waals surface area contributed by atoms with E-state index in [9.17, 15) is 4.79 Å². The molecule has 0 aromatic carbocycles. The number of rotatable bonds is 24. The summed E-state index contributed by atoms with van der Waals surface area (Å²) in [4.78, 5) is 12.7. The average Bonchev–Trinajstić information content (AvgIpc) is 2.87. The van der Waals surface area contributed by atoms with Crippen molar-refractivity contribution in [3.63, 3.8) is 0 Å². The highest BCUT2D eigenvalue weighted by Gasteiger charge is 2.37. The Balaban J connectivity index is 3.86. The van der Waals surface area contributed by atoms with Crippen LogP contribution in [-0.4, -0.2) is 66.1 Å². The molecular formula is C25H54O7Si2. The van der Waals surface area contributed by atoms with Gasteiger partial charge in [-0.2, -0.15) is 0 Å². The molecule has 2 unspecified atom stereocenters. The second-order valence-electron chi connectivity index (χ2n) is 9.41. The monoisotopic (exact) mass is 522 g/mol. The summed E-state index contributed by atoms with van der Waals surface area (Å²) in [6, 6.07) is 1.72. The van der Waals surface area contributed by atoms with Crippen LogP contribution in [0.25, 0.3) is 0 Å².